The third-order valence-corrected chi connectivity index (χ3v) is 7.56. The van der Waals surface area contributed by atoms with E-state index in [2.05, 4.69) is 21.3 Å². The van der Waals surface area contributed by atoms with Crippen molar-refractivity contribution in [2.45, 2.75) is 63.6 Å². The van der Waals surface area contributed by atoms with Gasteiger partial charge in [0.15, 0.2) is 0 Å². The van der Waals surface area contributed by atoms with Crippen LogP contribution in [-0.4, -0.2) is 84.4 Å². The van der Waals surface area contributed by atoms with Gasteiger partial charge in [-0.25, -0.2) is 0 Å². The summed E-state index contributed by atoms with van der Waals surface area (Å²) in [5.74, 6) is -4.08. The highest BCUT2D eigenvalue weighted by atomic mass is 16.2. The van der Waals surface area contributed by atoms with Crippen LogP contribution in [0.5, 0.6) is 0 Å². The van der Waals surface area contributed by atoms with Gasteiger partial charge in [0.05, 0.1) is 19.1 Å². The fourth-order valence-corrected chi connectivity index (χ4v) is 5.07. The first-order valence-electron chi connectivity index (χ1n) is 15.4. The number of nitrogens with one attached hydrogen (secondary N) is 4. The Labute approximate surface area is 269 Å². The van der Waals surface area contributed by atoms with Gasteiger partial charge in [0.1, 0.15) is 18.4 Å². The van der Waals surface area contributed by atoms with Crippen molar-refractivity contribution in [2.75, 3.05) is 19.6 Å². The molecule has 4 atom stereocenters. The number of aldehydes is 1. The minimum Gasteiger partial charge on any atom is -0.346 e. The maximum Gasteiger partial charge on any atom is 0.244 e. The van der Waals surface area contributed by atoms with Crippen LogP contribution in [0.1, 0.15) is 45.2 Å². The lowest BCUT2D eigenvalue weighted by molar-refractivity contribution is -0.147. The number of rotatable bonds is 18. The zero-order chi connectivity index (χ0) is 33.5. The summed E-state index contributed by atoms with van der Waals surface area (Å²) in [7, 11) is 0. The Kier molecular flexibility index (Phi) is 14.0. The number of benzene rings is 2. The van der Waals surface area contributed by atoms with Gasteiger partial charge in [-0.05, 0) is 36.9 Å². The first-order valence-corrected chi connectivity index (χ1v) is 15.4. The number of unbranched alkanes of at least 4 members (excludes halogenated alkanes) is 1. The lowest BCUT2D eigenvalue weighted by Crippen LogP contribution is -2.57. The molecule has 1 fully saturated rings. The summed E-state index contributed by atoms with van der Waals surface area (Å²) in [4.78, 5) is 89.7. The number of imide groups is 1. The topological polar surface area (TPSA) is 197 Å². The molecule has 3 rings (SSSR count). The molecule has 1 aliphatic rings. The summed E-state index contributed by atoms with van der Waals surface area (Å²) in [5, 5.41) is 10.1. The second-order valence-electron chi connectivity index (χ2n) is 11.3. The fraction of sp³-hybridized carbons (Fsp3) is 0.424. The van der Waals surface area contributed by atoms with Crippen LogP contribution in [0.3, 0.4) is 0 Å². The van der Waals surface area contributed by atoms with Crippen molar-refractivity contribution in [3.8, 4) is 0 Å². The highest BCUT2D eigenvalue weighted by Gasteiger charge is 2.43. The molecule has 248 valence electrons. The van der Waals surface area contributed by atoms with Crippen molar-refractivity contribution in [3.63, 3.8) is 0 Å². The lowest BCUT2D eigenvalue weighted by Gasteiger charge is -2.28. The number of hydrogen-bond acceptors (Lipinski definition) is 8. The van der Waals surface area contributed by atoms with Gasteiger partial charge in [-0.2, -0.15) is 0 Å². The van der Waals surface area contributed by atoms with Gasteiger partial charge < -0.3 is 31.8 Å². The Morgan fingerprint density at radius 2 is 1.48 bits per heavy atom. The lowest BCUT2D eigenvalue weighted by atomic mass is 10.0. The summed E-state index contributed by atoms with van der Waals surface area (Å²) >= 11 is 0. The number of carbonyl (C=O) groups is 7. The maximum absolute atomic E-state index is 13.8. The van der Waals surface area contributed by atoms with E-state index in [1.54, 1.807) is 61.5 Å². The molecule has 1 heterocycles. The Bertz CT molecular complexity index is 1380. The number of nitrogens with zero attached hydrogens (tertiary/aromatic N) is 1. The van der Waals surface area contributed by atoms with Crippen molar-refractivity contribution >= 4 is 41.7 Å². The van der Waals surface area contributed by atoms with Gasteiger partial charge in [-0.15, -0.1) is 0 Å². The monoisotopic (exact) mass is 636 g/mol. The molecule has 2 aromatic rings. The van der Waals surface area contributed by atoms with Crippen molar-refractivity contribution in [1.29, 1.82) is 0 Å². The van der Waals surface area contributed by atoms with Crippen molar-refractivity contribution < 1.29 is 35.0 Å². The van der Waals surface area contributed by atoms with Crippen LogP contribution in [0.4, 0.5) is 0 Å². The second-order valence-corrected chi connectivity index (χ2v) is 11.3. The fourth-order valence-electron chi connectivity index (χ4n) is 5.07. The van der Waals surface area contributed by atoms with E-state index in [9.17, 15) is 33.6 Å². The molecule has 2 aromatic carbocycles. The van der Waals surface area contributed by atoms with Crippen molar-refractivity contribution in [1.82, 2.24) is 26.2 Å². The highest BCUT2D eigenvalue weighted by molar-refractivity contribution is 6.07. The average molecular weight is 637 g/mol. The van der Waals surface area contributed by atoms with Crippen LogP contribution in [0.2, 0.25) is 0 Å². The van der Waals surface area contributed by atoms with Crippen LogP contribution < -0.4 is 27.0 Å². The molecule has 0 saturated carbocycles. The molecule has 13 heteroatoms. The van der Waals surface area contributed by atoms with Gasteiger partial charge in [0, 0.05) is 26.6 Å². The molecule has 0 bridgehead atoms. The third-order valence-electron chi connectivity index (χ3n) is 7.56. The summed E-state index contributed by atoms with van der Waals surface area (Å²) in [6.07, 6.45) is 2.53. The van der Waals surface area contributed by atoms with E-state index >= 15 is 0 Å². The molecule has 13 nitrogen and oxygen atoms in total. The first-order chi connectivity index (χ1) is 22.1. The Morgan fingerprint density at radius 3 is 2.04 bits per heavy atom. The van der Waals surface area contributed by atoms with Gasteiger partial charge in [0.2, 0.25) is 35.4 Å². The van der Waals surface area contributed by atoms with E-state index in [1.807, 2.05) is 6.07 Å². The van der Waals surface area contributed by atoms with E-state index < -0.39 is 72.6 Å². The summed E-state index contributed by atoms with van der Waals surface area (Å²) in [5.41, 5.74) is 6.90. The molecule has 6 N–H and O–H groups in total. The zero-order valence-corrected chi connectivity index (χ0v) is 25.9. The maximum atomic E-state index is 13.8. The van der Waals surface area contributed by atoms with E-state index in [4.69, 9.17) is 5.73 Å². The summed E-state index contributed by atoms with van der Waals surface area (Å²) in [6.45, 7) is 1.21. The largest absolute Gasteiger partial charge is 0.346 e. The molecule has 1 aliphatic heterocycles. The number of amides is 6. The molecular weight excluding hydrogens is 592 g/mol. The van der Waals surface area contributed by atoms with E-state index in [1.165, 1.54) is 0 Å². The molecule has 1 saturated heterocycles. The summed E-state index contributed by atoms with van der Waals surface area (Å²) in [6, 6.07) is 14.8. The standard InChI is InChI=1S/C33H42N6O7.H2/c1-22-16-30(43)39(33(22)46)27(18-24-12-6-3-7-13-24)32(45)38-26(17-23-10-4-2-5-11-23)31(44)36-19-28(41)35-20-29(42)37-25(21-40)14-8-9-15-34;/h2-7,10-13,21-22,25-27H,8-9,14-20,34H2,1H3,(H,35,41)(H,36,44)(H,37,42)(H,38,45);1H/t22-,25-,26-,27-;/m0./s1. The number of likely N-dealkylation sites (tertiary alicyclic amines) is 1. The Hall–Kier alpha value is -4.91. The van der Waals surface area contributed by atoms with Gasteiger partial charge in [-0.1, -0.05) is 67.6 Å². The minimum absolute atomic E-state index is 0. The molecule has 6 amide bonds. The second kappa shape index (κ2) is 18.2. The van der Waals surface area contributed by atoms with Gasteiger partial charge >= 0.3 is 0 Å². The van der Waals surface area contributed by atoms with E-state index in [-0.39, 0.29) is 20.7 Å². The molecule has 0 spiro atoms. The van der Waals surface area contributed by atoms with Crippen LogP contribution in [0.25, 0.3) is 0 Å². The first kappa shape index (κ1) is 35.6. The molecule has 46 heavy (non-hydrogen) atoms. The SMILES string of the molecule is C[C@H]1CC(=O)N([C@@H](Cc2ccccc2)C(=O)N[C@@H](Cc2ccccc2)C(=O)NCC(=O)NCC(=O)N[C@H](C=O)CCCCN)C1=O.[HH]. The van der Waals surface area contributed by atoms with Crippen molar-refractivity contribution in [3.05, 3.63) is 71.8 Å². The predicted octanol–water partition coefficient (Wildman–Crippen LogP) is 0.0113. The number of carbonyl (C=O) groups excluding carboxylic acids is 7. The van der Waals surface area contributed by atoms with Crippen LogP contribution in [-0.2, 0) is 46.4 Å². The normalized spacial score (nSPS) is 16.2. The van der Waals surface area contributed by atoms with E-state index in [0.29, 0.717) is 32.1 Å². The average Bonchev–Trinajstić information content (AvgIpc) is 3.31. The Balaban J connectivity index is 0.00000768. The zero-order valence-electron chi connectivity index (χ0n) is 25.9. The molecular formula is C33H44N6O7. The molecule has 0 unspecified atom stereocenters. The summed E-state index contributed by atoms with van der Waals surface area (Å²) < 4.78 is 0. The predicted molar refractivity (Wildman–Crippen MR) is 171 cm³/mol. The van der Waals surface area contributed by atoms with Crippen molar-refractivity contribution in [2.24, 2.45) is 11.7 Å². The van der Waals surface area contributed by atoms with Crippen LogP contribution in [0, 0.1) is 5.92 Å². The number of nitrogens with two attached hydrogens (primary N) is 1. The molecule has 0 aromatic heterocycles. The third kappa shape index (κ3) is 10.9. The Morgan fingerprint density at radius 1 is 0.870 bits per heavy atom. The quantitative estimate of drug-likeness (QED) is 0.0857. The van der Waals surface area contributed by atoms with Gasteiger partial charge in [-0.3, -0.25) is 33.7 Å². The molecule has 0 aliphatic carbocycles. The van der Waals surface area contributed by atoms with Gasteiger partial charge in [0.25, 0.3) is 0 Å². The van der Waals surface area contributed by atoms with Crippen LogP contribution >= 0.6 is 0 Å². The smallest absolute Gasteiger partial charge is 0.244 e. The highest BCUT2D eigenvalue weighted by Crippen LogP contribution is 2.23. The van der Waals surface area contributed by atoms with Crippen LogP contribution in [0.15, 0.2) is 60.7 Å². The number of hydrogen-bond donors (Lipinski definition) is 5. The van der Waals surface area contributed by atoms with E-state index in [0.717, 1.165) is 16.0 Å². The molecule has 0 radical (unpaired) electrons. The minimum atomic E-state index is -1.19.